The van der Waals surface area contributed by atoms with Crippen molar-refractivity contribution in [2.24, 2.45) is 0 Å². The monoisotopic (exact) mass is 352 g/mol. The third kappa shape index (κ3) is 4.11. The first-order chi connectivity index (χ1) is 12.6. The second-order valence-corrected chi connectivity index (χ2v) is 6.70. The molecule has 0 fully saturated rings. The summed E-state index contributed by atoms with van der Waals surface area (Å²) in [6.45, 7) is 0. The number of hydrogen-bond acceptors (Lipinski definition) is 3. The van der Waals surface area contributed by atoms with Gasteiger partial charge in [-0.1, -0.05) is 48.5 Å². The molecule has 0 saturated heterocycles. The summed E-state index contributed by atoms with van der Waals surface area (Å²) in [5.74, 6) is -1.00. The van der Waals surface area contributed by atoms with Crippen LogP contribution >= 0.6 is 0 Å². The lowest BCUT2D eigenvalue weighted by molar-refractivity contribution is -0.140. The van der Waals surface area contributed by atoms with E-state index in [2.05, 4.69) is 5.32 Å². The van der Waals surface area contributed by atoms with Crippen LogP contribution < -0.4 is 10.2 Å². The number of carboxylic acid groups (broad SMARTS) is 1. The first-order valence-electron chi connectivity index (χ1n) is 8.94. The first-order valence-corrected chi connectivity index (χ1v) is 8.94. The van der Waals surface area contributed by atoms with Gasteiger partial charge in [0, 0.05) is 12.7 Å². The van der Waals surface area contributed by atoms with Gasteiger partial charge in [-0.15, -0.1) is 0 Å². The van der Waals surface area contributed by atoms with Crippen molar-refractivity contribution in [2.45, 2.75) is 37.8 Å². The van der Waals surface area contributed by atoms with E-state index in [0.717, 1.165) is 23.2 Å². The van der Waals surface area contributed by atoms with Crippen molar-refractivity contribution >= 4 is 17.6 Å². The Balaban J connectivity index is 1.69. The molecule has 2 N–H and O–H groups in total. The number of para-hydroxylation sites is 1. The van der Waals surface area contributed by atoms with Crippen LogP contribution in [0.5, 0.6) is 0 Å². The van der Waals surface area contributed by atoms with E-state index in [-0.39, 0.29) is 5.91 Å². The molecule has 1 amide bonds. The predicted octanol–water partition coefficient (Wildman–Crippen LogP) is 2.64. The quantitative estimate of drug-likeness (QED) is 0.839. The van der Waals surface area contributed by atoms with Gasteiger partial charge in [-0.25, -0.2) is 0 Å². The van der Waals surface area contributed by atoms with E-state index in [0.29, 0.717) is 19.3 Å². The summed E-state index contributed by atoms with van der Waals surface area (Å²) in [6, 6.07) is 16.4. The summed E-state index contributed by atoms with van der Waals surface area (Å²) in [5.41, 5.74) is 3.11. The zero-order chi connectivity index (χ0) is 18.5. The van der Waals surface area contributed by atoms with Crippen LogP contribution in [0.15, 0.2) is 54.6 Å². The average molecular weight is 352 g/mol. The molecule has 0 saturated carbocycles. The summed E-state index contributed by atoms with van der Waals surface area (Å²) in [7, 11) is 1.75. The van der Waals surface area contributed by atoms with E-state index < -0.39 is 18.1 Å². The summed E-state index contributed by atoms with van der Waals surface area (Å²) >= 11 is 0. The van der Waals surface area contributed by atoms with Crippen LogP contribution in [0.3, 0.4) is 0 Å². The molecule has 0 aromatic heterocycles. The molecule has 0 unspecified atom stereocenters. The maximum Gasteiger partial charge on any atom is 0.320 e. The molecule has 5 nitrogen and oxygen atoms in total. The van der Waals surface area contributed by atoms with Gasteiger partial charge in [-0.05, 0) is 42.9 Å². The van der Waals surface area contributed by atoms with Gasteiger partial charge in [0.25, 0.3) is 0 Å². The third-order valence-electron chi connectivity index (χ3n) is 4.95. The van der Waals surface area contributed by atoms with Crippen molar-refractivity contribution < 1.29 is 14.7 Å². The van der Waals surface area contributed by atoms with E-state index in [9.17, 15) is 14.7 Å². The fourth-order valence-electron chi connectivity index (χ4n) is 3.46. The maximum absolute atomic E-state index is 12.8. The smallest absolute Gasteiger partial charge is 0.320 e. The Labute approximate surface area is 153 Å². The van der Waals surface area contributed by atoms with Crippen molar-refractivity contribution in [1.29, 1.82) is 0 Å². The van der Waals surface area contributed by atoms with Crippen LogP contribution in [-0.4, -0.2) is 36.1 Å². The van der Waals surface area contributed by atoms with Crippen molar-refractivity contribution in [2.75, 3.05) is 11.9 Å². The Hall–Kier alpha value is -2.66. The van der Waals surface area contributed by atoms with E-state index >= 15 is 0 Å². The molecular weight excluding hydrogens is 328 g/mol. The Morgan fingerprint density at radius 3 is 2.62 bits per heavy atom. The minimum absolute atomic E-state index is 0.0825. The van der Waals surface area contributed by atoms with Gasteiger partial charge in [0.15, 0.2) is 0 Å². The molecule has 0 bridgehead atoms. The number of anilines is 1. The van der Waals surface area contributed by atoms with Crippen molar-refractivity contribution in [3.05, 3.63) is 65.7 Å². The lowest BCUT2D eigenvalue weighted by Crippen LogP contribution is -2.51. The molecule has 136 valence electrons. The van der Waals surface area contributed by atoms with Crippen LogP contribution in [0.4, 0.5) is 5.69 Å². The minimum Gasteiger partial charge on any atom is -0.480 e. The molecule has 0 aliphatic carbocycles. The fourth-order valence-corrected chi connectivity index (χ4v) is 3.46. The predicted molar refractivity (Wildman–Crippen MR) is 101 cm³/mol. The molecule has 2 aromatic rings. The van der Waals surface area contributed by atoms with Crippen LogP contribution in [0.1, 0.15) is 24.0 Å². The number of rotatable bonds is 6. The zero-order valence-electron chi connectivity index (χ0n) is 14.9. The lowest BCUT2D eigenvalue weighted by Gasteiger charge is -2.25. The molecule has 0 radical (unpaired) electrons. The number of aliphatic carboxylic acids is 1. The number of fused-ring (bicyclic) bond motifs is 1. The van der Waals surface area contributed by atoms with E-state index in [1.807, 2.05) is 54.6 Å². The van der Waals surface area contributed by atoms with E-state index in [1.165, 1.54) is 0 Å². The standard InChI is InChI=1S/C21H24N2O3/c1-23-19-10-6-5-9-16(19)12-14-17(20(23)24)22-18(21(25)26)13-11-15-7-3-2-4-8-15/h2-10,17-18,22H,11-14H2,1H3,(H,25,26)/t17-,18-/m0/s1. The first kappa shape index (κ1) is 18.1. The summed E-state index contributed by atoms with van der Waals surface area (Å²) in [5, 5.41) is 12.7. The molecule has 1 aliphatic heterocycles. The Morgan fingerprint density at radius 1 is 1.19 bits per heavy atom. The number of amides is 1. The third-order valence-corrected chi connectivity index (χ3v) is 4.95. The number of hydrogen-bond donors (Lipinski definition) is 2. The van der Waals surface area contributed by atoms with Crippen LogP contribution in [-0.2, 0) is 22.4 Å². The molecule has 5 heteroatoms. The van der Waals surface area contributed by atoms with Crippen LogP contribution in [0.25, 0.3) is 0 Å². The number of aryl methyl sites for hydroxylation is 2. The van der Waals surface area contributed by atoms with Gasteiger partial charge in [-0.2, -0.15) is 0 Å². The number of carbonyl (C=O) groups is 2. The summed E-state index contributed by atoms with van der Waals surface area (Å²) < 4.78 is 0. The highest BCUT2D eigenvalue weighted by Crippen LogP contribution is 2.26. The molecule has 0 spiro atoms. The van der Waals surface area contributed by atoms with Gasteiger partial charge in [-0.3, -0.25) is 14.9 Å². The molecule has 2 aromatic carbocycles. The molecular formula is C21H24N2O3. The molecule has 1 heterocycles. The summed E-state index contributed by atoms with van der Waals surface area (Å²) in [6.07, 6.45) is 2.44. The van der Waals surface area contributed by atoms with Crippen LogP contribution in [0.2, 0.25) is 0 Å². The highest BCUT2D eigenvalue weighted by molar-refractivity contribution is 5.98. The minimum atomic E-state index is -0.918. The topological polar surface area (TPSA) is 69.6 Å². The van der Waals surface area contributed by atoms with Gasteiger partial charge < -0.3 is 10.0 Å². The average Bonchev–Trinajstić information content (AvgIpc) is 2.77. The molecule has 2 atom stereocenters. The van der Waals surface area contributed by atoms with E-state index in [4.69, 9.17) is 0 Å². The van der Waals surface area contributed by atoms with Crippen molar-refractivity contribution in [1.82, 2.24) is 5.32 Å². The number of nitrogens with one attached hydrogen (secondary N) is 1. The van der Waals surface area contributed by atoms with Gasteiger partial charge in [0.1, 0.15) is 6.04 Å². The van der Waals surface area contributed by atoms with Gasteiger partial charge in [0.05, 0.1) is 6.04 Å². The Kier molecular flexibility index (Phi) is 5.68. The number of likely N-dealkylation sites (N-methyl/N-ethyl adjacent to an activating group) is 1. The lowest BCUT2D eigenvalue weighted by atomic mass is 10.0. The van der Waals surface area contributed by atoms with Crippen molar-refractivity contribution in [3.8, 4) is 0 Å². The highest BCUT2D eigenvalue weighted by Gasteiger charge is 2.31. The molecule has 26 heavy (non-hydrogen) atoms. The molecule has 3 rings (SSSR count). The van der Waals surface area contributed by atoms with Gasteiger partial charge >= 0.3 is 5.97 Å². The van der Waals surface area contributed by atoms with Crippen LogP contribution in [0, 0.1) is 0 Å². The largest absolute Gasteiger partial charge is 0.480 e. The van der Waals surface area contributed by atoms with Crippen molar-refractivity contribution in [3.63, 3.8) is 0 Å². The zero-order valence-corrected chi connectivity index (χ0v) is 14.9. The Bertz CT molecular complexity index is 776. The SMILES string of the molecule is CN1C(=O)[C@@H](N[C@@H](CCc2ccccc2)C(=O)O)CCc2ccccc21. The summed E-state index contributed by atoms with van der Waals surface area (Å²) in [4.78, 5) is 26.1. The fraction of sp³-hybridized carbons (Fsp3) is 0.333. The number of carbonyl (C=O) groups excluding carboxylic acids is 1. The number of carboxylic acids is 1. The normalized spacial score (nSPS) is 18.1. The number of benzene rings is 2. The van der Waals surface area contributed by atoms with E-state index in [1.54, 1.807) is 11.9 Å². The van der Waals surface area contributed by atoms with Gasteiger partial charge in [0.2, 0.25) is 5.91 Å². The highest BCUT2D eigenvalue weighted by atomic mass is 16.4. The number of nitrogens with zero attached hydrogens (tertiary/aromatic N) is 1. The Morgan fingerprint density at radius 2 is 1.88 bits per heavy atom. The molecule has 1 aliphatic rings. The maximum atomic E-state index is 12.8. The second-order valence-electron chi connectivity index (χ2n) is 6.70. The second kappa shape index (κ2) is 8.15.